The predicted molar refractivity (Wildman–Crippen MR) is 499 cm³/mol. The fraction of sp³-hybridized carbons (Fsp3) is 0.448. The molecule has 1 heterocycles. The molecule has 699 valence electrons. The van der Waals surface area contributed by atoms with Crippen LogP contribution < -0.4 is 0 Å². The Balaban J connectivity index is 0.000000233. The Morgan fingerprint density at radius 2 is 0.760 bits per heavy atom. The fourth-order valence-corrected chi connectivity index (χ4v) is 16.2. The van der Waals surface area contributed by atoms with Gasteiger partial charge < -0.3 is 69.2 Å². The van der Waals surface area contributed by atoms with E-state index in [2.05, 4.69) is 112 Å². The summed E-state index contributed by atoms with van der Waals surface area (Å²) in [5, 5.41) is 19.5. The van der Waals surface area contributed by atoms with E-state index in [1.54, 1.807) is 18.2 Å². The van der Waals surface area contributed by atoms with Crippen LogP contribution in [0.25, 0.3) is 0 Å². The molecule has 20 atom stereocenters. The van der Waals surface area contributed by atoms with Gasteiger partial charge in [0, 0.05) is 76.1 Å². The molecular formula is C105H135F3O18PSY-. The molecule has 0 amide bonds. The van der Waals surface area contributed by atoms with E-state index in [1.165, 1.54) is 55.0 Å². The van der Waals surface area contributed by atoms with Gasteiger partial charge in [0.1, 0.15) is 18.0 Å². The molecule has 129 heavy (non-hydrogen) atoms. The van der Waals surface area contributed by atoms with Gasteiger partial charge in [-0.15, -0.1) is 9.18 Å². The van der Waals surface area contributed by atoms with Crippen LogP contribution in [0.4, 0.5) is 13.2 Å². The van der Waals surface area contributed by atoms with E-state index in [0.29, 0.717) is 117 Å². The third-order valence-electron chi connectivity index (χ3n) is 23.6. The summed E-state index contributed by atoms with van der Waals surface area (Å²) in [4.78, 5) is 33.5. The van der Waals surface area contributed by atoms with Crippen molar-refractivity contribution >= 4 is 37.0 Å². The Morgan fingerprint density at radius 1 is 0.442 bits per heavy atom. The number of epoxide rings is 1. The van der Waals surface area contributed by atoms with Crippen LogP contribution in [0.1, 0.15) is 121 Å². The molecule has 1 aliphatic heterocycles. The third-order valence-corrected chi connectivity index (χ3v) is 24.5. The Hall–Kier alpha value is -7.74. The van der Waals surface area contributed by atoms with Crippen molar-refractivity contribution in [3.05, 3.63) is 331 Å². The summed E-state index contributed by atoms with van der Waals surface area (Å²) in [5.74, 6) is 2.91. The van der Waals surface area contributed by atoms with Gasteiger partial charge in [-0.3, -0.25) is 14.4 Å². The van der Waals surface area contributed by atoms with Crippen molar-refractivity contribution in [2.24, 2.45) is 76.9 Å². The van der Waals surface area contributed by atoms with Crippen molar-refractivity contribution in [2.75, 3.05) is 52.9 Å². The number of ether oxygens (including phenoxy) is 10. The number of allylic oxidation sites excluding steroid dienone is 6. The molecule has 7 aromatic carbocycles. The molecule has 15 rings (SSSR count). The molecule has 1 radical (unpaired) electrons. The van der Waals surface area contributed by atoms with Gasteiger partial charge in [-0.05, 0) is 125 Å². The van der Waals surface area contributed by atoms with Gasteiger partial charge in [0.05, 0.1) is 130 Å². The monoisotopic (exact) mass is 1890 g/mol. The maximum absolute atomic E-state index is 12.4. The van der Waals surface area contributed by atoms with E-state index >= 15 is 0 Å². The third kappa shape index (κ3) is 38.8. The van der Waals surface area contributed by atoms with Crippen molar-refractivity contribution in [1.82, 2.24) is 0 Å². The Bertz CT molecular complexity index is 4450. The zero-order chi connectivity index (χ0) is 92.2. The molecule has 24 heteroatoms. The SMILES string of the molecule is CC(=O)O[C@@H]1C=C[C@H](C)[C@H]1COCc1ccccc1.CC(=O)O[C@@H]1C=C[C@H](O)[C@H]1COCc1ccccc1.CC1=CC[C@H](C)[C@H]1COCc1ccccc1.C[C@H]1C=CC(=O)[C@@H]1COCc1ccccc1.C[C@H]1C=C[C@@H](O)[C@@H]1COCc1ccccc1.C[C@H]1CC=C(OS(=O)(=O)C(F)(F)F)[C@@H]1COCc1ccccc1.C[C@H]1C[C@H]2O[C@H]2[C@@H]1COCc1ccccc1.[2H]PC.[CH3-].[Y]. The normalized spacial score (nSPS) is 25.7. The number of hydrogen-bond acceptors (Lipinski definition) is 18. The molecule has 7 aliphatic carbocycles. The molecule has 2 fully saturated rings. The molecule has 0 spiro atoms. The second kappa shape index (κ2) is 59.0. The van der Waals surface area contributed by atoms with Gasteiger partial charge in [-0.25, -0.2) is 0 Å². The van der Waals surface area contributed by atoms with Crippen LogP contribution in [0, 0.1) is 84.4 Å². The van der Waals surface area contributed by atoms with Gasteiger partial charge >= 0.3 is 27.6 Å². The first-order valence-corrected chi connectivity index (χ1v) is 46.4. The van der Waals surface area contributed by atoms with E-state index < -0.39 is 33.8 Å². The predicted octanol–water partition coefficient (Wildman–Crippen LogP) is 20.6. The van der Waals surface area contributed by atoms with Crippen molar-refractivity contribution in [3.63, 3.8) is 0 Å². The second-order valence-electron chi connectivity index (χ2n) is 33.4. The largest absolute Gasteiger partial charge is 0.534 e. The number of carbonyl (C=O) groups excluding carboxylic acids is 3. The standard InChI is InChI=1S/C16H20O3.C15H17F3O4S.C15H18O4.C15H20O.2C14H18O2.C14H16O2.CH5P.CH3.Y/c1-12-8-9-16(19-13(2)17)15(12)11-18-10-14-6-4-3-5-7-14;1-11-7-8-14(22-23(19,20)15(16,17)18)13(11)10-21-9-12-5-3-2-4-6-12;1-11(16)19-15-8-7-14(17)13(15)10-18-9-12-5-3-2-4-6-12;1-12-8-9-13(2)15(12)11-16-10-14-6-4-3-5-7-14;1-10-7-13-14(16-13)12(10)9-15-8-11-5-3-2-4-6-11;2*1-11-7-8-14(15)13(11)10-16-9-12-5-3-2-4-6-12;1-2;;/h3-9,12,15-16H,10-11H2,1-2H3;2-6,8,11,13H,7,9-10H2,1H3;2-8,13-15,17H,9-10H2,1H3;3-8,13,15H,9-11H2,1-2H3;2-6,10,12-14H,7-9H2,1H3;2-8,11,13-15H,9-10H2,1H3;2-8,11,13H,9-10H2,1H3;2H2,1H3;1H3;/q;;;;;;;;-1;/t12-,15+,16+;11-,13+;13-,14+,15-;13-,15-;10-,12+,13+,14-;11-,13+,14+;11-,13+;;;/m0010000.../s1/i;;;;;;;2D;;. The Labute approximate surface area is 793 Å². The van der Waals surface area contributed by atoms with E-state index in [4.69, 9.17) is 48.6 Å². The average molecular weight is 1900 g/mol. The maximum Gasteiger partial charge on any atom is 0.534 e. The number of aliphatic hydroxyl groups excluding tert-OH is 2. The molecule has 18 nitrogen and oxygen atoms in total. The van der Waals surface area contributed by atoms with Gasteiger partial charge in [0.15, 0.2) is 5.78 Å². The maximum atomic E-state index is 12.4. The fourth-order valence-electron chi connectivity index (χ4n) is 15.7. The van der Waals surface area contributed by atoms with Crippen LogP contribution in [0.5, 0.6) is 0 Å². The van der Waals surface area contributed by atoms with Gasteiger partial charge in [0.25, 0.3) is 0 Å². The molecule has 0 bridgehead atoms. The minimum atomic E-state index is -5.64. The van der Waals surface area contributed by atoms with E-state index in [9.17, 15) is 46.2 Å². The number of halogens is 3. The number of rotatable bonds is 32. The summed E-state index contributed by atoms with van der Waals surface area (Å²) in [6.07, 6.45) is 21.1. The van der Waals surface area contributed by atoms with E-state index in [0.717, 1.165) is 60.5 Å². The van der Waals surface area contributed by atoms with Gasteiger partial charge in [-0.2, -0.15) is 21.6 Å². The molecule has 1 saturated carbocycles. The molecule has 1 unspecified atom stereocenters. The van der Waals surface area contributed by atoms with Crippen LogP contribution >= 0.6 is 9.18 Å². The van der Waals surface area contributed by atoms with Gasteiger partial charge in [-0.1, -0.05) is 303 Å². The van der Waals surface area contributed by atoms with Crippen LogP contribution in [-0.4, -0.2) is 133 Å². The number of aliphatic hydroxyl groups is 2. The minimum absolute atomic E-state index is 0. The summed E-state index contributed by atoms with van der Waals surface area (Å²) in [6, 6.07) is 70.0. The molecule has 1 saturated heterocycles. The number of alkyl halides is 3. The number of esters is 2. The zero-order valence-electron chi connectivity index (χ0n) is 77.5. The summed E-state index contributed by atoms with van der Waals surface area (Å²) in [7, 11) is -5.31. The first-order valence-electron chi connectivity index (χ1n) is 44.5. The summed E-state index contributed by atoms with van der Waals surface area (Å²) in [6.45, 7) is 27.5. The van der Waals surface area contributed by atoms with Crippen molar-refractivity contribution in [1.29, 1.82) is 1.28 Å². The van der Waals surface area contributed by atoms with Crippen molar-refractivity contribution in [2.45, 2.75) is 170 Å². The van der Waals surface area contributed by atoms with Crippen molar-refractivity contribution in [3.8, 4) is 0 Å². The molecule has 2 N–H and O–H groups in total. The number of benzene rings is 7. The number of carbonyl (C=O) groups is 3. The van der Waals surface area contributed by atoms with Crippen LogP contribution in [0.2, 0.25) is 0 Å². The van der Waals surface area contributed by atoms with Crippen LogP contribution in [-0.2, 0) is 155 Å². The molecule has 0 aromatic heterocycles. The van der Waals surface area contributed by atoms with Crippen molar-refractivity contribution < 1.29 is 130 Å². The Kier molecular flexibility index (Phi) is 49.5. The van der Waals surface area contributed by atoms with Crippen LogP contribution in [0.3, 0.4) is 0 Å². The molecule has 7 aromatic rings. The summed E-state index contributed by atoms with van der Waals surface area (Å²) >= 11 is 0. The average Bonchev–Trinajstić information content (AvgIpc) is 1.61. The molecular weight excluding hydrogens is 1760 g/mol. The van der Waals surface area contributed by atoms with Gasteiger partial charge in [0.2, 0.25) is 0 Å². The van der Waals surface area contributed by atoms with Crippen LogP contribution in [0.15, 0.2) is 284 Å². The Morgan fingerprint density at radius 3 is 1.11 bits per heavy atom. The number of ketones is 1. The summed E-state index contributed by atoms with van der Waals surface area (Å²) in [5.41, 5.74) is 4.06. The topological polar surface area (TPSA) is 231 Å². The minimum Gasteiger partial charge on any atom is -0.458 e. The summed E-state index contributed by atoms with van der Waals surface area (Å²) < 4.78 is 126. The number of fused-ring (bicyclic) bond motifs is 1. The van der Waals surface area contributed by atoms with E-state index in [1.807, 2.05) is 196 Å². The smallest absolute Gasteiger partial charge is 0.458 e. The second-order valence-corrected chi connectivity index (χ2v) is 35.0. The quantitative estimate of drug-likeness (QED) is 0.00759. The first kappa shape index (κ1) is 108. The molecule has 8 aliphatic rings. The number of hydrogen-bond donors (Lipinski definition) is 2. The zero-order valence-corrected chi connectivity index (χ0v) is 81.2. The van der Waals surface area contributed by atoms with E-state index in [-0.39, 0.29) is 112 Å². The first-order chi connectivity index (χ1) is 61.6.